The number of unbranched alkanes of at least 4 members (excludes halogenated alkanes) is 2. The highest BCUT2D eigenvalue weighted by Gasteiger charge is 2.08. The first-order valence-electron chi connectivity index (χ1n) is 5.45. The lowest BCUT2D eigenvalue weighted by Gasteiger charge is -2.01. The van der Waals surface area contributed by atoms with Crippen molar-refractivity contribution in [2.75, 3.05) is 6.54 Å². The van der Waals surface area contributed by atoms with Gasteiger partial charge in [0.2, 0.25) is 0 Å². The summed E-state index contributed by atoms with van der Waals surface area (Å²) in [5.74, 6) is -0.955. The number of carbonyl (C=O) groups excluding carboxylic acids is 2. The van der Waals surface area contributed by atoms with E-state index in [4.69, 9.17) is 5.53 Å². The first-order chi connectivity index (χ1) is 7.70. The number of carbonyl (C=O) groups is 2. The molecule has 0 radical (unpaired) electrons. The van der Waals surface area contributed by atoms with Crippen LogP contribution in [-0.2, 0) is 14.3 Å². The molecule has 0 atom stereocenters. The van der Waals surface area contributed by atoms with E-state index in [1.807, 2.05) is 6.92 Å². The smallest absolute Gasteiger partial charge is 0.313 e. The van der Waals surface area contributed by atoms with Crippen molar-refractivity contribution in [3.63, 3.8) is 0 Å². The molecular formula is C10H17N3O3. The quantitative estimate of drug-likeness (QED) is 0.159. The molecule has 0 bridgehead atoms. The van der Waals surface area contributed by atoms with E-state index in [2.05, 4.69) is 14.8 Å². The highest BCUT2D eigenvalue weighted by molar-refractivity contribution is 5.85. The Kier molecular flexibility index (Phi) is 9.02. The fourth-order valence-corrected chi connectivity index (χ4v) is 1.05. The summed E-state index contributed by atoms with van der Waals surface area (Å²) >= 11 is 0. The Labute approximate surface area is 94.6 Å². The maximum absolute atomic E-state index is 11.1. The molecule has 0 aromatic rings. The SMILES string of the molecule is CCCCC(=O)OC(=O)CCCCN=[N+]=[N-]. The van der Waals surface area contributed by atoms with Gasteiger partial charge in [-0.05, 0) is 24.8 Å². The topological polar surface area (TPSA) is 92.1 Å². The Morgan fingerprint density at radius 1 is 1.19 bits per heavy atom. The van der Waals surface area contributed by atoms with Crippen molar-refractivity contribution in [2.24, 2.45) is 5.11 Å². The van der Waals surface area contributed by atoms with Gasteiger partial charge in [-0.15, -0.1) is 0 Å². The van der Waals surface area contributed by atoms with E-state index < -0.39 is 11.9 Å². The zero-order valence-corrected chi connectivity index (χ0v) is 9.52. The molecule has 0 heterocycles. The molecule has 0 rings (SSSR count). The fraction of sp³-hybridized carbons (Fsp3) is 0.800. The Balaban J connectivity index is 3.50. The lowest BCUT2D eigenvalue weighted by atomic mass is 10.2. The molecule has 0 aromatic heterocycles. The van der Waals surface area contributed by atoms with E-state index in [9.17, 15) is 9.59 Å². The summed E-state index contributed by atoms with van der Waals surface area (Å²) in [7, 11) is 0. The maximum atomic E-state index is 11.1. The van der Waals surface area contributed by atoms with Gasteiger partial charge in [0, 0.05) is 24.3 Å². The van der Waals surface area contributed by atoms with Gasteiger partial charge >= 0.3 is 11.9 Å². The van der Waals surface area contributed by atoms with Crippen LogP contribution in [0.1, 0.15) is 45.4 Å². The summed E-state index contributed by atoms with van der Waals surface area (Å²) in [5, 5.41) is 3.33. The van der Waals surface area contributed by atoms with Crippen LogP contribution in [0.4, 0.5) is 0 Å². The minimum Gasteiger partial charge on any atom is -0.393 e. The number of ether oxygens (including phenoxy) is 1. The maximum Gasteiger partial charge on any atom is 0.313 e. The Hall–Kier alpha value is -1.55. The van der Waals surface area contributed by atoms with Gasteiger partial charge in [-0.25, -0.2) is 0 Å². The highest BCUT2D eigenvalue weighted by atomic mass is 16.6. The van der Waals surface area contributed by atoms with Gasteiger partial charge in [0.05, 0.1) is 0 Å². The minimum absolute atomic E-state index is 0.193. The fourth-order valence-electron chi connectivity index (χ4n) is 1.05. The van der Waals surface area contributed by atoms with E-state index >= 15 is 0 Å². The molecule has 6 nitrogen and oxygen atoms in total. The second-order valence-electron chi connectivity index (χ2n) is 3.36. The summed E-state index contributed by atoms with van der Waals surface area (Å²) in [4.78, 5) is 24.7. The summed E-state index contributed by atoms with van der Waals surface area (Å²) in [6.45, 7) is 2.33. The van der Waals surface area contributed by atoms with Crippen LogP contribution < -0.4 is 0 Å². The van der Waals surface area contributed by atoms with Crippen molar-refractivity contribution in [1.29, 1.82) is 0 Å². The standard InChI is InChI=1S/C10H17N3O3/c1-2-3-6-9(14)16-10(15)7-4-5-8-12-13-11/h2-8H2,1H3. The van der Waals surface area contributed by atoms with E-state index in [1.165, 1.54) is 0 Å². The van der Waals surface area contributed by atoms with Gasteiger partial charge in [0.1, 0.15) is 0 Å². The molecule has 0 aromatic carbocycles. The molecule has 0 unspecified atom stereocenters. The van der Waals surface area contributed by atoms with Crippen LogP contribution in [-0.4, -0.2) is 18.5 Å². The zero-order valence-electron chi connectivity index (χ0n) is 9.52. The lowest BCUT2D eigenvalue weighted by Crippen LogP contribution is -2.11. The van der Waals surface area contributed by atoms with Crippen LogP contribution in [0.15, 0.2) is 5.11 Å². The average molecular weight is 227 g/mol. The Morgan fingerprint density at radius 2 is 1.81 bits per heavy atom. The molecular weight excluding hydrogens is 210 g/mol. The predicted octanol–water partition coefficient (Wildman–Crippen LogP) is 2.73. The number of nitrogens with zero attached hydrogens (tertiary/aromatic N) is 3. The van der Waals surface area contributed by atoms with E-state index in [0.29, 0.717) is 25.8 Å². The van der Waals surface area contributed by atoms with E-state index in [0.717, 1.165) is 12.8 Å². The zero-order chi connectivity index (χ0) is 12.2. The van der Waals surface area contributed by atoms with Crippen molar-refractivity contribution in [3.8, 4) is 0 Å². The molecule has 0 spiro atoms. The molecule has 0 amide bonds. The molecule has 0 fully saturated rings. The van der Waals surface area contributed by atoms with Crippen LogP contribution >= 0.6 is 0 Å². The lowest BCUT2D eigenvalue weighted by molar-refractivity contribution is -0.159. The number of esters is 2. The van der Waals surface area contributed by atoms with Crippen LogP contribution in [0.25, 0.3) is 10.4 Å². The van der Waals surface area contributed by atoms with Crippen LogP contribution in [0.3, 0.4) is 0 Å². The molecule has 90 valence electrons. The first kappa shape index (κ1) is 14.5. The van der Waals surface area contributed by atoms with Crippen molar-refractivity contribution < 1.29 is 14.3 Å². The number of rotatable bonds is 8. The largest absolute Gasteiger partial charge is 0.393 e. The summed E-state index contributed by atoms with van der Waals surface area (Å²) < 4.78 is 4.58. The number of azide groups is 1. The van der Waals surface area contributed by atoms with Crippen molar-refractivity contribution in [3.05, 3.63) is 10.4 Å². The second-order valence-corrected chi connectivity index (χ2v) is 3.36. The highest BCUT2D eigenvalue weighted by Crippen LogP contribution is 2.01. The van der Waals surface area contributed by atoms with Gasteiger partial charge in [-0.2, -0.15) is 0 Å². The molecule has 0 aliphatic carbocycles. The van der Waals surface area contributed by atoms with Crippen molar-refractivity contribution in [1.82, 2.24) is 0 Å². The molecule has 0 saturated heterocycles. The van der Waals surface area contributed by atoms with Gasteiger partial charge < -0.3 is 4.74 Å². The third-order valence-corrected chi connectivity index (χ3v) is 1.91. The third-order valence-electron chi connectivity index (χ3n) is 1.91. The van der Waals surface area contributed by atoms with Crippen molar-refractivity contribution in [2.45, 2.75) is 45.4 Å². The molecule has 0 aliphatic heterocycles. The third kappa shape index (κ3) is 9.02. The molecule has 0 aliphatic rings. The predicted molar refractivity (Wildman–Crippen MR) is 58.5 cm³/mol. The number of hydrogen-bond donors (Lipinski definition) is 0. The normalized spacial score (nSPS) is 9.31. The summed E-state index contributed by atoms with van der Waals surface area (Å²) in [6, 6.07) is 0. The van der Waals surface area contributed by atoms with Gasteiger partial charge in [-0.3, -0.25) is 9.59 Å². The van der Waals surface area contributed by atoms with Gasteiger partial charge in [0.15, 0.2) is 0 Å². The monoisotopic (exact) mass is 227 g/mol. The summed E-state index contributed by atoms with van der Waals surface area (Å²) in [6.07, 6.45) is 3.32. The van der Waals surface area contributed by atoms with E-state index in [-0.39, 0.29) is 6.42 Å². The van der Waals surface area contributed by atoms with Gasteiger partial charge in [-0.1, -0.05) is 18.5 Å². The van der Waals surface area contributed by atoms with Crippen LogP contribution in [0.2, 0.25) is 0 Å². The summed E-state index contributed by atoms with van der Waals surface area (Å²) in [5.41, 5.74) is 8.00. The first-order valence-corrected chi connectivity index (χ1v) is 5.45. The second kappa shape index (κ2) is 9.98. The Bertz CT molecular complexity index is 272. The average Bonchev–Trinajstić information content (AvgIpc) is 2.26. The number of hydrogen-bond acceptors (Lipinski definition) is 4. The molecule has 0 N–H and O–H groups in total. The minimum atomic E-state index is -0.498. The van der Waals surface area contributed by atoms with E-state index in [1.54, 1.807) is 0 Å². The molecule has 6 heteroatoms. The van der Waals surface area contributed by atoms with Crippen LogP contribution in [0.5, 0.6) is 0 Å². The van der Waals surface area contributed by atoms with Gasteiger partial charge in [0.25, 0.3) is 0 Å². The van der Waals surface area contributed by atoms with Crippen LogP contribution in [0, 0.1) is 0 Å². The Morgan fingerprint density at radius 3 is 2.38 bits per heavy atom. The molecule has 0 saturated carbocycles. The molecule has 16 heavy (non-hydrogen) atoms. The van der Waals surface area contributed by atoms with Crippen molar-refractivity contribution >= 4 is 11.9 Å².